The third-order valence-corrected chi connectivity index (χ3v) is 8.65. The molecule has 5 rings (SSSR count). The number of hydrogen-bond acceptors (Lipinski definition) is 4. The van der Waals surface area contributed by atoms with Crippen LogP contribution < -0.4 is 9.62 Å². The number of pyridine rings is 1. The number of fused-ring (bicyclic) bond motifs is 3. The van der Waals surface area contributed by atoms with Gasteiger partial charge in [-0.15, -0.1) is 0 Å². The molecule has 2 aromatic rings. The molecule has 7 heteroatoms. The standard InChI is InChI=1S/C20H28N4O2S/c1-2-13-10-15(23-27(25,26)16-5-6-16)11-18(13)24-9-3-4-14-12-22-20-17(19(14)24)7-8-21-20/h7-8,12-13,15-16,18,23H,2-6,9-11H2,1H3,(H,21,22)/t13-,15+,18?/m1/s1. The summed E-state index contributed by atoms with van der Waals surface area (Å²) in [6.07, 6.45) is 10.8. The molecule has 146 valence electrons. The minimum Gasteiger partial charge on any atom is -0.367 e. The third-order valence-electron chi connectivity index (χ3n) is 6.64. The molecule has 2 aliphatic carbocycles. The molecule has 0 amide bonds. The normalized spacial score (nSPS) is 28.6. The maximum absolute atomic E-state index is 12.4. The molecule has 3 atom stereocenters. The average molecular weight is 389 g/mol. The lowest BCUT2D eigenvalue weighted by atomic mass is 9.94. The van der Waals surface area contributed by atoms with E-state index in [1.54, 1.807) is 0 Å². The molecule has 1 unspecified atom stereocenters. The number of sulfonamides is 1. The number of anilines is 1. The first kappa shape index (κ1) is 17.5. The highest BCUT2D eigenvalue weighted by molar-refractivity contribution is 7.90. The van der Waals surface area contributed by atoms with Gasteiger partial charge in [-0.2, -0.15) is 0 Å². The Kier molecular flexibility index (Phi) is 4.20. The van der Waals surface area contributed by atoms with Gasteiger partial charge in [-0.1, -0.05) is 13.3 Å². The Morgan fingerprint density at radius 2 is 2.19 bits per heavy atom. The van der Waals surface area contributed by atoms with E-state index in [0.717, 1.165) is 57.1 Å². The summed E-state index contributed by atoms with van der Waals surface area (Å²) in [6, 6.07) is 2.59. The van der Waals surface area contributed by atoms with E-state index in [-0.39, 0.29) is 11.3 Å². The molecule has 3 aliphatic rings. The lowest BCUT2D eigenvalue weighted by Crippen LogP contribution is -2.42. The monoisotopic (exact) mass is 388 g/mol. The van der Waals surface area contributed by atoms with Crippen LogP contribution in [0.4, 0.5) is 5.69 Å². The Morgan fingerprint density at radius 3 is 2.96 bits per heavy atom. The van der Waals surface area contributed by atoms with Crippen LogP contribution in [-0.2, 0) is 16.4 Å². The number of nitrogens with one attached hydrogen (secondary N) is 2. The van der Waals surface area contributed by atoms with E-state index in [2.05, 4.69) is 32.6 Å². The zero-order valence-electron chi connectivity index (χ0n) is 15.8. The molecule has 0 bridgehead atoms. The van der Waals surface area contributed by atoms with Gasteiger partial charge in [0, 0.05) is 36.4 Å². The van der Waals surface area contributed by atoms with Crippen LogP contribution in [0, 0.1) is 5.92 Å². The topological polar surface area (TPSA) is 78.1 Å². The molecule has 2 saturated carbocycles. The van der Waals surface area contributed by atoms with Crippen molar-refractivity contribution in [3.63, 3.8) is 0 Å². The minimum atomic E-state index is -3.13. The number of aromatic nitrogens is 2. The summed E-state index contributed by atoms with van der Waals surface area (Å²) >= 11 is 0. The van der Waals surface area contributed by atoms with Gasteiger partial charge in [0.1, 0.15) is 5.65 Å². The van der Waals surface area contributed by atoms with Crippen molar-refractivity contribution < 1.29 is 8.42 Å². The molecular weight excluding hydrogens is 360 g/mol. The molecule has 2 N–H and O–H groups in total. The minimum absolute atomic E-state index is 0.0690. The van der Waals surface area contributed by atoms with Gasteiger partial charge in [-0.25, -0.2) is 18.1 Å². The summed E-state index contributed by atoms with van der Waals surface area (Å²) in [5.41, 5.74) is 3.59. The number of hydrogen-bond donors (Lipinski definition) is 2. The molecule has 3 heterocycles. The maximum Gasteiger partial charge on any atom is 0.214 e. The summed E-state index contributed by atoms with van der Waals surface area (Å²) in [6.45, 7) is 3.28. The second-order valence-corrected chi connectivity index (χ2v) is 10.4. The lowest BCUT2D eigenvalue weighted by molar-refractivity contribution is 0.427. The van der Waals surface area contributed by atoms with Crippen LogP contribution in [0.5, 0.6) is 0 Å². The van der Waals surface area contributed by atoms with E-state index in [4.69, 9.17) is 0 Å². The van der Waals surface area contributed by atoms with Crippen LogP contribution in [0.1, 0.15) is 51.0 Å². The summed E-state index contributed by atoms with van der Waals surface area (Å²) in [5, 5.41) is 1.06. The predicted molar refractivity (Wildman–Crippen MR) is 107 cm³/mol. The molecule has 2 fully saturated rings. The summed E-state index contributed by atoms with van der Waals surface area (Å²) in [7, 11) is -3.13. The van der Waals surface area contributed by atoms with Gasteiger partial charge >= 0.3 is 0 Å². The van der Waals surface area contributed by atoms with E-state index in [9.17, 15) is 8.42 Å². The van der Waals surface area contributed by atoms with Gasteiger partial charge in [0.2, 0.25) is 10.0 Å². The summed E-state index contributed by atoms with van der Waals surface area (Å²) in [5.74, 6) is 0.519. The van der Waals surface area contributed by atoms with E-state index in [0.29, 0.717) is 12.0 Å². The smallest absolute Gasteiger partial charge is 0.214 e. The van der Waals surface area contributed by atoms with Crippen molar-refractivity contribution in [3.05, 3.63) is 24.0 Å². The van der Waals surface area contributed by atoms with Crippen molar-refractivity contribution in [2.24, 2.45) is 5.92 Å². The van der Waals surface area contributed by atoms with E-state index < -0.39 is 10.0 Å². The predicted octanol–water partition coefficient (Wildman–Crippen LogP) is 2.95. The van der Waals surface area contributed by atoms with Crippen molar-refractivity contribution >= 4 is 26.7 Å². The Labute approximate surface area is 160 Å². The Balaban J connectivity index is 1.45. The molecular formula is C20H28N4O2S. The molecule has 27 heavy (non-hydrogen) atoms. The van der Waals surface area contributed by atoms with Crippen molar-refractivity contribution in [3.8, 4) is 0 Å². The second kappa shape index (κ2) is 6.48. The molecule has 0 saturated heterocycles. The van der Waals surface area contributed by atoms with Crippen LogP contribution in [0.2, 0.25) is 0 Å². The Hall–Kier alpha value is -1.60. The molecule has 1 aliphatic heterocycles. The molecule has 0 radical (unpaired) electrons. The van der Waals surface area contributed by atoms with Gasteiger partial charge in [0.05, 0.1) is 10.9 Å². The van der Waals surface area contributed by atoms with Crippen LogP contribution in [0.25, 0.3) is 11.0 Å². The van der Waals surface area contributed by atoms with Crippen molar-refractivity contribution in [2.45, 2.75) is 69.2 Å². The number of aromatic amines is 1. The molecule has 6 nitrogen and oxygen atoms in total. The highest BCUT2D eigenvalue weighted by atomic mass is 32.2. The van der Waals surface area contributed by atoms with Gasteiger partial charge < -0.3 is 9.88 Å². The molecule has 2 aromatic heterocycles. The Morgan fingerprint density at radius 1 is 1.33 bits per heavy atom. The van der Waals surface area contributed by atoms with E-state index in [1.807, 2.05) is 12.4 Å². The SMILES string of the molecule is CC[C@@H]1C[C@H](NS(=O)(=O)C2CC2)CC1N1CCCc2cnc3[nH]ccc3c21. The zero-order chi connectivity index (χ0) is 18.6. The zero-order valence-corrected chi connectivity index (χ0v) is 16.6. The second-order valence-electron chi connectivity index (χ2n) is 8.44. The fourth-order valence-electron chi connectivity index (χ4n) is 5.17. The molecule has 0 aromatic carbocycles. The highest BCUT2D eigenvalue weighted by Gasteiger charge is 2.43. The van der Waals surface area contributed by atoms with E-state index >= 15 is 0 Å². The van der Waals surface area contributed by atoms with Gasteiger partial charge in [-0.3, -0.25) is 0 Å². The van der Waals surface area contributed by atoms with Crippen LogP contribution >= 0.6 is 0 Å². The van der Waals surface area contributed by atoms with Crippen molar-refractivity contribution in [1.82, 2.24) is 14.7 Å². The van der Waals surface area contributed by atoms with Crippen LogP contribution in [0.3, 0.4) is 0 Å². The number of H-pyrrole nitrogens is 1. The van der Waals surface area contributed by atoms with Gasteiger partial charge in [-0.05, 0) is 56.1 Å². The number of rotatable bonds is 5. The third kappa shape index (κ3) is 3.05. The maximum atomic E-state index is 12.4. The fourth-order valence-corrected chi connectivity index (χ4v) is 6.77. The largest absolute Gasteiger partial charge is 0.367 e. The summed E-state index contributed by atoms with van der Waals surface area (Å²) in [4.78, 5) is 10.4. The van der Waals surface area contributed by atoms with Gasteiger partial charge in [0.25, 0.3) is 0 Å². The first-order chi connectivity index (χ1) is 13.1. The molecule has 0 spiro atoms. The number of nitrogens with zero attached hydrogens (tertiary/aromatic N) is 2. The van der Waals surface area contributed by atoms with E-state index in [1.165, 1.54) is 16.6 Å². The Bertz CT molecular complexity index is 950. The first-order valence-electron chi connectivity index (χ1n) is 10.3. The highest BCUT2D eigenvalue weighted by Crippen LogP contribution is 2.42. The summed E-state index contributed by atoms with van der Waals surface area (Å²) < 4.78 is 27.9. The number of aryl methyl sites for hydroxylation is 1. The lowest BCUT2D eigenvalue weighted by Gasteiger charge is -2.39. The fraction of sp³-hybridized carbons (Fsp3) is 0.650. The van der Waals surface area contributed by atoms with Crippen molar-refractivity contribution in [2.75, 3.05) is 11.4 Å². The quantitative estimate of drug-likeness (QED) is 0.825. The van der Waals surface area contributed by atoms with Crippen molar-refractivity contribution in [1.29, 1.82) is 0 Å². The van der Waals surface area contributed by atoms with Gasteiger partial charge in [0.15, 0.2) is 0 Å². The van der Waals surface area contributed by atoms with Crippen LogP contribution in [0.15, 0.2) is 18.5 Å². The van der Waals surface area contributed by atoms with Crippen LogP contribution in [-0.4, -0.2) is 42.3 Å². The first-order valence-corrected chi connectivity index (χ1v) is 11.8. The average Bonchev–Trinajstić information content (AvgIpc) is 3.30.